The third-order valence-corrected chi connectivity index (χ3v) is 2.74. The van der Waals surface area contributed by atoms with E-state index in [1.54, 1.807) is 6.92 Å². The molecule has 0 fully saturated rings. The summed E-state index contributed by atoms with van der Waals surface area (Å²) >= 11 is 0. The fourth-order valence-corrected chi connectivity index (χ4v) is 1.48. The fraction of sp³-hybridized carbons (Fsp3) is 0.917. The zero-order chi connectivity index (χ0) is 13.3. The van der Waals surface area contributed by atoms with Crippen molar-refractivity contribution in [1.29, 1.82) is 0 Å². The van der Waals surface area contributed by atoms with E-state index in [0.717, 1.165) is 12.8 Å². The Labute approximate surface area is 104 Å². The maximum atomic E-state index is 11.8. The molecule has 0 saturated carbocycles. The number of carbonyl (C=O) groups is 1. The molecule has 0 aliphatic carbocycles. The highest BCUT2D eigenvalue weighted by Gasteiger charge is 2.16. The Balaban J connectivity index is 3.88. The van der Waals surface area contributed by atoms with Crippen molar-refractivity contribution in [3.8, 4) is 0 Å². The second kappa shape index (κ2) is 9.39. The highest BCUT2D eigenvalue weighted by Crippen LogP contribution is 1.97. The van der Waals surface area contributed by atoms with Crippen LogP contribution in [0.3, 0.4) is 0 Å². The zero-order valence-electron chi connectivity index (χ0n) is 11.3. The third kappa shape index (κ3) is 7.31. The number of amides is 1. The minimum Gasteiger partial charge on any atom is -0.389 e. The van der Waals surface area contributed by atoms with Gasteiger partial charge in [-0.2, -0.15) is 0 Å². The van der Waals surface area contributed by atoms with Crippen LogP contribution >= 0.6 is 0 Å². The van der Waals surface area contributed by atoms with Crippen LogP contribution in [0, 0.1) is 0 Å². The summed E-state index contributed by atoms with van der Waals surface area (Å²) in [4.78, 5) is 11.8. The van der Waals surface area contributed by atoms with Crippen molar-refractivity contribution in [2.24, 2.45) is 0 Å². The predicted octanol–water partition coefficient (Wildman–Crippen LogP) is 0.277. The molecule has 0 aromatic carbocycles. The van der Waals surface area contributed by atoms with Crippen molar-refractivity contribution in [3.05, 3.63) is 0 Å². The number of carbonyl (C=O) groups excluding carboxylic acids is 1. The topological polar surface area (TPSA) is 70.6 Å². The van der Waals surface area contributed by atoms with Crippen LogP contribution in [0.15, 0.2) is 0 Å². The van der Waals surface area contributed by atoms with Crippen LogP contribution in [0.25, 0.3) is 0 Å². The molecule has 1 amide bonds. The molecule has 0 radical (unpaired) electrons. The van der Waals surface area contributed by atoms with Crippen molar-refractivity contribution in [2.45, 2.75) is 51.8 Å². The van der Waals surface area contributed by atoms with Crippen LogP contribution in [0.1, 0.15) is 33.6 Å². The quantitative estimate of drug-likeness (QED) is 0.546. The summed E-state index contributed by atoms with van der Waals surface area (Å²) in [5, 5.41) is 15.4. The van der Waals surface area contributed by atoms with Crippen molar-refractivity contribution in [2.75, 3.05) is 20.3 Å². The maximum absolute atomic E-state index is 11.8. The van der Waals surface area contributed by atoms with Gasteiger partial charge >= 0.3 is 0 Å². The second-order valence-corrected chi connectivity index (χ2v) is 4.26. The van der Waals surface area contributed by atoms with Crippen LogP contribution < -0.4 is 10.6 Å². The molecular weight excluding hydrogens is 220 g/mol. The van der Waals surface area contributed by atoms with Gasteiger partial charge in [0.2, 0.25) is 5.91 Å². The van der Waals surface area contributed by atoms with Gasteiger partial charge in [0.15, 0.2) is 0 Å². The number of hydrogen-bond acceptors (Lipinski definition) is 4. The van der Waals surface area contributed by atoms with Crippen LogP contribution in [-0.4, -0.2) is 49.5 Å². The first kappa shape index (κ1) is 16.4. The van der Waals surface area contributed by atoms with Gasteiger partial charge in [0.1, 0.15) is 0 Å². The standard InChI is InChI=1S/C12H26N2O3/c1-5-10(6-2)14-12(16)9(3)13-7-11(15)8-17-4/h9-11,13,15H,5-8H2,1-4H3,(H,14,16). The Morgan fingerprint density at radius 3 is 2.41 bits per heavy atom. The summed E-state index contributed by atoms with van der Waals surface area (Å²) in [7, 11) is 1.53. The van der Waals surface area contributed by atoms with E-state index in [1.807, 2.05) is 0 Å². The molecule has 0 aliphatic heterocycles. The molecular formula is C12H26N2O3. The Morgan fingerprint density at radius 1 is 1.35 bits per heavy atom. The molecule has 0 aliphatic rings. The number of aliphatic hydroxyl groups is 1. The summed E-state index contributed by atoms with van der Waals surface area (Å²) in [5.41, 5.74) is 0. The minimum atomic E-state index is -0.580. The number of nitrogens with one attached hydrogen (secondary N) is 2. The zero-order valence-corrected chi connectivity index (χ0v) is 11.3. The molecule has 0 aromatic rings. The highest BCUT2D eigenvalue weighted by molar-refractivity contribution is 5.81. The van der Waals surface area contributed by atoms with Gasteiger partial charge in [0.25, 0.3) is 0 Å². The van der Waals surface area contributed by atoms with E-state index >= 15 is 0 Å². The number of aliphatic hydroxyl groups excluding tert-OH is 1. The van der Waals surface area contributed by atoms with Gasteiger partial charge in [-0.15, -0.1) is 0 Å². The normalized spacial score (nSPS) is 14.7. The molecule has 2 atom stereocenters. The lowest BCUT2D eigenvalue weighted by Gasteiger charge is -2.20. The number of hydrogen-bond donors (Lipinski definition) is 3. The van der Waals surface area contributed by atoms with Gasteiger partial charge in [0.05, 0.1) is 18.8 Å². The Hall–Kier alpha value is -0.650. The summed E-state index contributed by atoms with van der Waals surface area (Å²) in [6, 6.07) is -0.0715. The van der Waals surface area contributed by atoms with Crippen LogP contribution in [-0.2, 0) is 9.53 Å². The van der Waals surface area contributed by atoms with Crippen LogP contribution in [0.2, 0.25) is 0 Å². The SMILES string of the molecule is CCC(CC)NC(=O)C(C)NCC(O)COC. The molecule has 0 bridgehead atoms. The number of ether oxygens (including phenoxy) is 1. The van der Waals surface area contributed by atoms with E-state index in [2.05, 4.69) is 24.5 Å². The summed E-state index contributed by atoms with van der Waals surface area (Å²) in [6.07, 6.45) is 1.28. The Bertz CT molecular complexity index is 208. The second-order valence-electron chi connectivity index (χ2n) is 4.26. The lowest BCUT2D eigenvalue weighted by Crippen LogP contribution is -2.48. The van der Waals surface area contributed by atoms with E-state index < -0.39 is 6.10 Å². The van der Waals surface area contributed by atoms with Gasteiger partial charge in [0, 0.05) is 19.7 Å². The monoisotopic (exact) mass is 246 g/mol. The van der Waals surface area contributed by atoms with E-state index in [-0.39, 0.29) is 24.6 Å². The Kier molecular flexibility index (Phi) is 9.03. The molecule has 0 saturated heterocycles. The van der Waals surface area contributed by atoms with Crippen molar-refractivity contribution >= 4 is 5.91 Å². The molecule has 0 spiro atoms. The van der Waals surface area contributed by atoms with Crippen LogP contribution in [0.5, 0.6) is 0 Å². The van der Waals surface area contributed by atoms with Crippen LogP contribution in [0.4, 0.5) is 0 Å². The lowest BCUT2D eigenvalue weighted by atomic mass is 10.1. The first-order chi connectivity index (χ1) is 8.04. The average molecular weight is 246 g/mol. The van der Waals surface area contributed by atoms with Crippen molar-refractivity contribution in [1.82, 2.24) is 10.6 Å². The van der Waals surface area contributed by atoms with Gasteiger partial charge < -0.3 is 20.5 Å². The summed E-state index contributed by atoms with van der Waals surface area (Å²) in [5.74, 6) is -0.0247. The van der Waals surface area contributed by atoms with Crippen molar-refractivity contribution in [3.63, 3.8) is 0 Å². The fourth-order valence-electron chi connectivity index (χ4n) is 1.48. The summed E-state index contributed by atoms with van der Waals surface area (Å²) in [6.45, 7) is 6.51. The minimum absolute atomic E-state index is 0.0247. The lowest BCUT2D eigenvalue weighted by molar-refractivity contribution is -0.123. The maximum Gasteiger partial charge on any atom is 0.237 e. The predicted molar refractivity (Wildman–Crippen MR) is 67.9 cm³/mol. The van der Waals surface area contributed by atoms with Gasteiger partial charge in [-0.05, 0) is 19.8 Å². The molecule has 5 nitrogen and oxygen atoms in total. The smallest absolute Gasteiger partial charge is 0.237 e. The summed E-state index contributed by atoms with van der Waals surface area (Å²) < 4.78 is 4.81. The molecule has 3 N–H and O–H groups in total. The number of rotatable bonds is 9. The first-order valence-corrected chi connectivity index (χ1v) is 6.25. The van der Waals surface area contributed by atoms with E-state index in [9.17, 15) is 9.90 Å². The van der Waals surface area contributed by atoms with Gasteiger partial charge in [-0.3, -0.25) is 4.79 Å². The van der Waals surface area contributed by atoms with E-state index in [0.29, 0.717) is 6.54 Å². The highest BCUT2D eigenvalue weighted by atomic mass is 16.5. The molecule has 5 heteroatoms. The molecule has 0 heterocycles. The Morgan fingerprint density at radius 2 is 1.94 bits per heavy atom. The molecule has 17 heavy (non-hydrogen) atoms. The third-order valence-electron chi connectivity index (χ3n) is 2.74. The molecule has 102 valence electrons. The van der Waals surface area contributed by atoms with Gasteiger partial charge in [-0.25, -0.2) is 0 Å². The molecule has 0 aromatic heterocycles. The van der Waals surface area contributed by atoms with E-state index in [1.165, 1.54) is 7.11 Å². The van der Waals surface area contributed by atoms with Crippen molar-refractivity contribution < 1.29 is 14.6 Å². The average Bonchev–Trinajstić information content (AvgIpc) is 2.32. The first-order valence-electron chi connectivity index (χ1n) is 6.25. The molecule has 2 unspecified atom stereocenters. The van der Waals surface area contributed by atoms with E-state index in [4.69, 9.17) is 4.74 Å². The van der Waals surface area contributed by atoms with Gasteiger partial charge in [-0.1, -0.05) is 13.8 Å². The number of methoxy groups -OCH3 is 1. The molecule has 0 rings (SSSR count). The largest absolute Gasteiger partial charge is 0.389 e.